The molecule has 0 saturated carbocycles. The summed E-state index contributed by atoms with van der Waals surface area (Å²) in [4.78, 5) is 11.5. The maximum absolute atomic E-state index is 5.96. The largest absolute Gasteiger partial charge is 0.478 e. The quantitative estimate of drug-likeness (QED) is 0.581. The Bertz CT molecular complexity index is 587. The van der Waals surface area contributed by atoms with E-state index in [0.29, 0.717) is 25.6 Å². The molecule has 7 heteroatoms. The molecule has 1 aromatic rings. The Morgan fingerprint density at radius 1 is 1.30 bits per heavy atom. The smallest absolute Gasteiger partial charge is 0.213 e. The maximum Gasteiger partial charge on any atom is 0.213 e. The lowest BCUT2D eigenvalue weighted by atomic mass is 10.1. The first-order valence-electron chi connectivity index (χ1n) is 10.1. The van der Waals surface area contributed by atoms with Crippen LogP contribution in [-0.4, -0.2) is 67.5 Å². The van der Waals surface area contributed by atoms with Crippen LogP contribution in [0, 0.1) is 0 Å². The van der Waals surface area contributed by atoms with Crippen molar-refractivity contribution < 1.29 is 14.2 Å². The first-order valence-corrected chi connectivity index (χ1v) is 10.1. The van der Waals surface area contributed by atoms with Crippen LogP contribution in [0.2, 0.25) is 0 Å². The molecule has 2 fully saturated rings. The van der Waals surface area contributed by atoms with Crippen molar-refractivity contribution >= 4 is 5.96 Å². The van der Waals surface area contributed by atoms with Crippen LogP contribution in [0.4, 0.5) is 0 Å². The Morgan fingerprint density at radius 2 is 2.19 bits per heavy atom. The minimum Gasteiger partial charge on any atom is -0.478 e. The molecular weight excluding hydrogens is 344 g/mol. The number of aliphatic imine (C=N–C) groups is 1. The minimum absolute atomic E-state index is 0.127. The van der Waals surface area contributed by atoms with Crippen molar-refractivity contribution in [2.45, 2.75) is 51.9 Å². The van der Waals surface area contributed by atoms with Crippen LogP contribution in [0.3, 0.4) is 0 Å². The number of pyridine rings is 1. The zero-order chi connectivity index (χ0) is 18.9. The molecule has 2 aliphatic heterocycles. The van der Waals surface area contributed by atoms with Gasteiger partial charge in [-0.15, -0.1) is 0 Å². The van der Waals surface area contributed by atoms with Gasteiger partial charge < -0.3 is 24.4 Å². The van der Waals surface area contributed by atoms with Crippen molar-refractivity contribution in [2.24, 2.45) is 4.99 Å². The van der Waals surface area contributed by atoms with Gasteiger partial charge in [0.25, 0.3) is 0 Å². The van der Waals surface area contributed by atoms with Crippen molar-refractivity contribution in [1.82, 2.24) is 15.2 Å². The second-order valence-corrected chi connectivity index (χ2v) is 6.93. The molecule has 150 valence electrons. The van der Waals surface area contributed by atoms with Crippen LogP contribution >= 0.6 is 0 Å². The zero-order valence-corrected chi connectivity index (χ0v) is 16.5. The minimum atomic E-state index is 0.127. The van der Waals surface area contributed by atoms with Crippen molar-refractivity contribution in [3.63, 3.8) is 0 Å². The Balaban J connectivity index is 1.59. The molecule has 1 N–H and O–H groups in total. The van der Waals surface area contributed by atoms with E-state index in [1.54, 1.807) is 0 Å². The SMILES string of the molecule is CCCOc1ccc(CN=C(NCC)N2CCOC(C3CCCO3)C2)cn1. The first kappa shape index (κ1) is 19.9. The third kappa shape index (κ3) is 5.81. The molecule has 0 spiro atoms. The molecule has 3 rings (SSSR count). The summed E-state index contributed by atoms with van der Waals surface area (Å²) in [7, 11) is 0. The molecule has 0 radical (unpaired) electrons. The van der Waals surface area contributed by atoms with Crippen LogP contribution in [0.25, 0.3) is 0 Å². The number of aromatic nitrogens is 1. The molecule has 7 nitrogen and oxygen atoms in total. The van der Waals surface area contributed by atoms with E-state index in [0.717, 1.165) is 57.0 Å². The van der Waals surface area contributed by atoms with Gasteiger partial charge in [0.15, 0.2) is 5.96 Å². The van der Waals surface area contributed by atoms with Crippen molar-refractivity contribution in [3.8, 4) is 5.88 Å². The maximum atomic E-state index is 5.96. The average Bonchev–Trinajstić information content (AvgIpc) is 3.25. The Kier molecular flexibility index (Phi) is 7.71. The number of rotatable bonds is 7. The summed E-state index contributed by atoms with van der Waals surface area (Å²) < 4.78 is 17.3. The normalized spacial score (nSPS) is 23.5. The van der Waals surface area contributed by atoms with Crippen molar-refractivity contribution in [1.29, 1.82) is 0 Å². The van der Waals surface area contributed by atoms with Gasteiger partial charge in [-0.25, -0.2) is 9.98 Å². The second-order valence-electron chi connectivity index (χ2n) is 6.93. The fourth-order valence-corrected chi connectivity index (χ4v) is 3.38. The molecule has 2 aliphatic rings. The highest BCUT2D eigenvalue weighted by Gasteiger charge is 2.32. The van der Waals surface area contributed by atoms with Crippen molar-refractivity contribution in [3.05, 3.63) is 23.9 Å². The molecule has 27 heavy (non-hydrogen) atoms. The van der Waals surface area contributed by atoms with E-state index in [2.05, 4.69) is 29.0 Å². The molecule has 2 atom stereocenters. The molecule has 0 aromatic carbocycles. The number of morpholine rings is 1. The Morgan fingerprint density at radius 3 is 2.89 bits per heavy atom. The fourth-order valence-electron chi connectivity index (χ4n) is 3.38. The molecule has 3 heterocycles. The number of hydrogen-bond acceptors (Lipinski definition) is 5. The van der Waals surface area contributed by atoms with E-state index in [-0.39, 0.29) is 12.2 Å². The van der Waals surface area contributed by atoms with E-state index in [9.17, 15) is 0 Å². The lowest BCUT2D eigenvalue weighted by Gasteiger charge is -2.37. The topological polar surface area (TPSA) is 68.2 Å². The number of ether oxygens (including phenoxy) is 3. The molecule has 0 amide bonds. The third-order valence-electron chi connectivity index (χ3n) is 4.77. The van der Waals surface area contributed by atoms with Crippen LogP contribution in [-0.2, 0) is 16.0 Å². The summed E-state index contributed by atoms with van der Waals surface area (Å²) in [6.07, 6.45) is 5.38. The zero-order valence-electron chi connectivity index (χ0n) is 16.5. The van der Waals surface area contributed by atoms with E-state index in [1.807, 2.05) is 18.3 Å². The fraction of sp³-hybridized carbons (Fsp3) is 0.700. The average molecular weight is 377 g/mol. The third-order valence-corrected chi connectivity index (χ3v) is 4.77. The summed E-state index contributed by atoms with van der Waals surface area (Å²) in [6, 6.07) is 3.94. The van der Waals surface area contributed by atoms with Crippen LogP contribution < -0.4 is 10.1 Å². The number of nitrogens with zero attached hydrogens (tertiary/aromatic N) is 3. The van der Waals surface area contributed by atoms with Gasteiger partial charge in [-0.05, 0) is 31.7 Å². The van der Waals surface area contributed by atoms with Gasteiger partial charge >= 0.3 is 0 Å². The lowest BCUT2D eigenvalue weighted by molar-refractivity contribution is -0.0817. The highest BCUT2D eigenvalue weighted by molar-refractivity contribution is 5.80. The van der Waals surface area contributed by atoms with Crippen LogP contribution in [0.15, 0.2) is 23.3 Å². The summed E-state index contributed by atoms with van der Waals surface area (Å²) in [6.45, 7) is 9.51. The van der Waals surface area contributed by atoms with Gasteiger partial charge in [0, 0.05) is 38.5 Å². The summed E-state index contributed by atoms with van der Waals surface area (Å²) in [5, 5.41) is 3.41. The van der Waals surface area contributed by atoms with E-state index < -0.39 is 0 Å². The Hall–Kier alpha value is -1.86. The van der Waals surface area contributed by atoms with Gasteiger partial charge in [-0.2, -0.15) is 0 Å². The number of hydrogen-bond donors (Lipinski definition) is 1. The Labute approximate surface area is 162 Å². The second kappa shape index (κ2) is 10.5. The lowest BCUT2D eigenvalue weighted by Crippen LogP contribution is -2.53. The molecule has 2 saturated heterocycles. The van der Waals surface area contributed by atoms with Gasteiger partial charge in [0.2, 0.25) is 5.88 Å². The summed E-state index contributed by atoms with van der Waals surface area (Å²) >= 11 is 0. The monoisotopic (exact) mass is 376 g/mol. The number of nitrogens with one attached hydrogen (secondary N) is 1. The molecule has 0 aliphatic carbocycles. The number of guanidine groups is 1. The van der Waals surface area contributed by atoms with Crippen LogP contribution in [0.1, 0.15) is 38.7 Å². The molecule has 2 unspecified atom stereocenters. The predicted molar refractivity (Wildman–Crippen MR) is 105 cm³/mol. The summed E-state index contributed by atoms with van der Waals surface area (Å²) in [5.41, 5.74) is 1.07. The van der Waals surface area contributed by atoms with E-state index in [1.165, 1.54) is 0 Å². The highest BCUT2D eigenvalue weighted by atomic mass is 16.5. The van der Waals surface area contributed by atoms with Crippen molar-refractivity contribution in [2.75, 3.05) is 39.5 Å². The van der Waals surface area contributed by atoms with Gasteiger partial charge in [-0.3, -0.25) is 0 Å². The molecule has 0 bridgehead atoms. The molecule has 1 aromatic heterocycles. The first-order chi connectivity index (χ1) is 13.3. The van der Waals surface area contributed by atoms with Gasteiger partial charge in [0.05, 0.1) is 25.9 Å². The van der Waals surface area contributed by atoms with E-state index in [4.69, 9.17) is 19.2 Å². The standard InChI is InChI=1S/C20H32N4O3/c1-3-10-27-19-8-7-16(13-22-19)14-23-20(21-4-2)24-9-12-26-18(15-24)17-6-5-11-25-17/h7-8,13,17-18H,3-6,9-12,14-15H2,1-2H3,(H,21,23). The predicted octanol–water partition coefficient (Wildman–Crippen LogP) is 2.22. The highest BCUT2D eigenvalue weighted by Crippen LogP contribution is 2.21. The molecular formula is C20H32N4O3. The van der Waals surface area contributed by atoms with Crippen LogP contribution in [0.5, 0.6) is 5.88 Å². The van der Waals surface area contributed by atoms with Gasteiger partial charge in [0.1, 0.15) is 6.10 Å². The van der Waals surface area contributed by atoms with E-state index >= 15 is 0 Å². The van der Waals surface area contributed by atoms with Gasteiger partial charge in [-0.1, -0.05) is 13.0 Å². The summed E-state index contributed by atoms with van der Waals surface area (Å²) in [5.74, 6) is 1.60.